The Morgan fingerprint density at radius 1 is 1.15 bits per heavy atom. The van der Waals surface area contributed by atoms with Crippen molar-refractivity contribution in [3.05, 3.63) is 35.4 Å². The van der Waals surface area contributed by atoms with E-state index < -0.39 is 0 Å². The number of benzene rings is 1. The summed E-state index contributed by atoms with van der Waals surface area (Å²) in [5.41, 5.74) is 1.94. The van der Waals surface area contributed by atoms with E-state index in [2.05, 4.69) is 13.0 Å². The first-order valence-corrected chi connectivity index (χ1v) is 7.95. The molecule has 2 atom stereocenters. The zero-order valence-corrected chi connectivity index (χ0v) is 12.5. The van der Waals surface area contributed by atoms with Gasteiger partial charge in [0.2, 0.25) is 0 Å². The van der Waals surface area contributed by atoms with Crippen LogP contribution in [0.3, 0.4) is 0 Å². The van der Waals surface area contributed by atoms with Gasteiger partial charge in [-0.1, -0.05) is 44.7 Å². The highest BCUT2D eigenvalue weighted by atomic mass is 16.5. The molecule has 0 spiro atoms. The predicted octanol–water partition coefficient (Wildman–Crippen LogP) is 5.00. The first-order chi connectivity index (χ1) is 9.83. The van der Waals surface area contributed by atoms with Gasteiger partial charge in [-0.25, -0.2) is 0 Å². The molecule has 1 heterocycles. The fourth-order valence-corrected chi connectivity index (χ4v) is 2.93. The molecular formula is C18H25NO. The molecule has 1 fully saturated rings. The van der Waals surface area contributed by atoms with Crippen LogP contribution in [0.15, 0.2) is 24.3 Å². The zero-order valence-electron chi connectivity index (χ0n) is 12.5. The highest BCUT2D eigenvalue weighted by molar-refractivity contribution is 5.32. The minimum atomic E-state index is 0.231. The molecule has 0 N–H and O–H groups in total. The Morgan fingerprint density at radius 2 is 1.95 bits per heavy atom. The van der Waals surface area contributed by atoms with Crippen LogP contribution in [-0.4, -0.2) is 6.61 Å². The molecule has 2 unspecified atom stereocenters. The molecule has 1 aliphatic heterocycles. The quantitative estimate of drug-likeness (QED) is 0.682. The van der Waals surface area contributed by atoms with Crippen LogP contribution >= 0.6 is 0 Å². The highest BCUT2D eigenvalue weighted by Gasteiger charge is 2.22. The summed E-state index contributed by atoms with van der Waals surface area (Å²) in [6, 6.07) is 9.99. The molecule has 2 nitrogen and oxygen atoms in total. The molecule has 1 aromatic carbocycles. The third-order valence-corrected chi connectivity index (χ3v) is 4.25. The van der Waals surface area contributed by atoms with Crippen molar-refractivity contribution in [1.82, 2.24) is 0 Å². The molecule has 20 heavy (non-hydrogen) atoms. The first-order valence-electron chi connectivity index (χ1n) is 7.95. The number of unbranched alkanes of at least 4 members (excludes halogenated alkanes) is 3. The maximum atomic E-state index is 8.81. The van der Waals surface area contributed by atoms with Gasteiger partial charge in [0.05, 0.1) is 24.3 Å². The molecule has 108 valence electrons. The van der Waals surface area contributed by atoms with Gasteiger partial charge in [0.1, 0.15) is 0 Å². The topological polar surface area (TPSA) is 33.0 Å². The van der Waals surface area contributed by atoms with Crippen molar-refractivity contribution in [2.24, 2.45) is 5.92 Å². The lowest BCUT2D eigenvalue weighted by Crippen LogP contribution is -2.20. The molecule has 1 saturated heterocycles. The van der Waals surface area contributed by atoms with E-state index in [1.54, 1.807) is 0 Å². The smallest absolute Gasteiger partial charge is 0.0991 e. The zero-order chi connectivity index (χ0) is 14.2. The number of hydrogen-bond donors (Lipinski definition) is 0. The van der Waals surface area contributed by atoms with Gasteiger partial charge in [0, 0.05) is 0 Å². The average molecular weight is 271 g/mol. The lowest BCUT2D eigenvalue weighted by molar-refractivity contribution is -0.0199. The van der Waals surface area contributed by atoms with E-state index in [1.807, 2.05) is 24.3 Å². The molecule has 0 radical (unpaired) electrons. The summed E-state index contributed by atoms with van der Waals surface area (Å²) >= 11 is 0. The van der Waals surface area contributed by atoms with Gasteiger partial charge in [-0.2, -0.15) is 5.26 Å². The van der Waals surface area contributed by atoms with Crippen molar-refractivity contribution < 1.29 is 4.74 Å². The van der Waals surface area contributed by atoms with Crippen LogP contribution in [0.1, 0.15) is 69.1 Å². The number of nitriles is 1. The second-order valence-electron chi connectivity index (χ2n) is 5.85. The van der Waals surface area contributed by atoms with Crippen LogP contribution in [0.25, 0.3) is 0 Å². The highest BCUT2D eigenvalue weighted by Crippen LogP contribution is 2.32. The summed E-state index contributed by atoms with van der Waals surface area (Å²) in [5.74, 6) is 0.751. The lowest BCUT2D eigenvalue weighted by Gasteiger charge is -2.29. The molecule has 2 heteroatoms. The van der Waals surface area contributed by atoms with E-state index in [1.165, 1.54) is 44.1 Å². The van der Waals surface area contributed by atoms with Crippen molar-refractivity contribution in [3.8, 4) is 6.07 Å². The summed E-state index contributed by atoms with van der Waals surface area (Å²) in [6.45, 7) is 3.16. The maximum Gasteiger partial charge on any atom is 0.0991 e. The Morgan fingerprint density at radius 3 is 2.55 bits per heavy atom. The van der Waals surface area contributed by atoms with Gasteiger partial charge >= 0.3 is 0 Å². The third-order valence-electron chi connectivity index (χ3n) is 4.25. The average Bonchev–Trinajstić information content (AvgIpc) is 2.52. The molecule has 0 aromatic heterocycles. The summed E-state index contributed by atoms with van der Waals surface area (Å²) in [5, 5.41) is 8.81. The number of ether oxygens (including phenoxy) is 1. The summed E-state index contributed by atoms with van der Waals surface area (Å²) in [6.07, 6.45) is 9.33. The molecular weight excluding hydrogens is 246 g/mol. The standard InChI is InChI=1S/C18H25NO/c1-2-3-4-5-6-16-9-12-18(20-14-16)17-10-7-15(13-19)8-11-17/h7-8,10-11,16,18H,2-6,9,12,14H2,1H3. The Balaban J connectivity index is 1.74. The van der Waals surface area contributed by atoms with Crippen LogP contribution in [0.5, 0.6) is 0 Å². The first kappa shape index (κ1) is 15.1. The third kappa shape index (κ3) is 4.35. The molecule has 0 aliphatic carbocycles. The fourth-order valence-electron chi connectivity index (χ4n) is 2.93. The van der Waals surface area contributed by atoms with Gasteiger partial charge in [0.15, 0.2) is 0 Å². The second-order valence-corrected chi connectivity index (χ2v) is 5.85. The Hall–Kier alpha value is -1.33. The fraction of sp³-hybridized carbons (Fsp3) is 0.611. The molecule has 0 amide bonds. The van der Waals surface area contributed by atoms with Crippen LogP contribution in [0.2, 0.25) is 0 Å². The van der Waals surface area contributed by atoms with Crippen LogP contribution in [0.4, 0.5) is 0 Å². The predicted molar refractivity (Wildman–Crippen MR) is 81.3 cm³/mol. The Labute approximate surface area is 122 Å². The largest absolute Gasteiger partial charge is 0.373 e. The van der Waals surface area contributed by atoms with Crippen molar-refractivity contribution in [2.75, 3.05) is 6.61 Å². The molecule has 1 aromatic rings. The van der Waals surface area contributed by atoms with Gasteiger partial charge in [-0.3, -0.25) is 0 Å². The van der Waals surface area contributed by atoms with Gasteiger partial charge in [-0.15, -0.1) is 0 Å². The van der Waals surface area contributed by atoms with E-state index in [9.17, 15) is 0 Å². The number of hydrogen-bond acceptors (Lipinski definition) is 2. The SMILES string of the molecule is CCCCCCC1CCC(c2ccc(C#N)cc2)OC1. The van der Waals surface area contributed by atoms with Gasteiger partial charge in [-0.05, 0) is 42.9 Å². The van der Waals surface area contributed by atoms with Crippen LogP contribution < -0.4 is 0 Å². The second kappa shape index (κ2) is 8.07. The Kier molecular flexibility index (Phi) is 6.08. The normalized spacial score (nSPS) is 22.4. The van der Waals surface area contributed by atoms with Gasteiger partial charge in [0.25, 0.3) is 0 Å². The molecule has 0 bridgehead atoms. The number of rotatable bonds is 6. The molecule has 1 aliphatic rings. The minimum Gasteiger partial charge on any atom is -0.373 e. The lowest BCUT2D eigenvalue weighted by atomic mass is 9.90. The van der Waals surface area contributed by atoms with E-state index >= 15 is 0 Å². The maximum absolute atomic E-state index is 8.81. The summed E-state index contributed by atoms with van der Waals surface area (Å²) < 4.78 is 6.02. The Bertz CT molecular complexity index is 424. The summed E-state index contributed by atoms with van der Waals surface area (Å²) in [4.78, 5) is 0. The minimum absolute atomic E-state index is 0.231. The van der Waals surface area contributed by atoms with E-state index in [4.69, 9.17) is 10.00 Å². The van der Waals surface area contributed by atoms with Crippen molar-refractivity contribution in [3.63, 3.8) is 0 Å². The number of nitrogens with zero attached hydrogens (tertiary/aromatic N) is 1. The van der Waals surface area contributed by atoms with E-state index in [0.29, 0.717) is 0 Å². The molecule has 0 saturated carbocycles. The summed E-state index contributed by atoms with van der Waals surface area (Å²) in [7, 11) is 0. The van der Waals surface area contributed by atoms with Gasteiger partial charge < -0.3 is 4.74 Å². The monoisotopic (exact) mass is 271 g/mol. The van der Waals surface area contributed by atoms with E-state index in [-0.39, 0.29) is 6.10 Å². The van der Waals surface area contributed by atoms with Crippen molar-refractivity contribution in [1.29, 1.82) is 5.26 Å². The van der Waals surface area contributed by atoms with Crippen molar-refractivity contribution >= 4 is 0 Å². The molecule has 2 rings (SSSR count). The van der Waals surface area contributed by atoms with Crippen LogP contribution in [-0.2, 0) is 4.74 Å². The van der Waals surface area contributed by atoms with E-state index in [0.717, 1.165) is 24.5 Å². The van der Waals surface area contributed by atoms with Crippen LogP contribution in [0, 0.1) is 17.2 Å². The van der Waals surface area contributed by atoms with Crippen molar-refractivity contribution in [2.45, 2.75) is 58.0 Å².